The molecule has 1 atom stereocenters. The lowest BCUT2D eigenvalue weighted by Crippen LogP contribution is -2.32. The molecule has 1 saturated heterocycles. The van der Waals surface area contributed by atoms with E-state index in [1.807, 2.05) is 6.07 Å². The van der Waals surface area contributed by atoms with E-state index in [0.717, 1.165) is 42.1 Å². The van der Waals surface area contributed by atoms with E-state index < -0.39 is 0 Å². The van der Waals surface area contributed by atoms with Crippen LogP contribution < -0.4 is 5.32 Å². The lowest BCUT2D eigenvalue weighted by molar-refractivity contribution is 0.0538. The molecule has 0 spiro atoms. The molecule has 1 aromatic rings. The van der Waals surface area contributed by atoms with Crippen molar-refractivity contribution in [2.75, 3.05) is 19.8 Å². The van der Waals surface area contributed by atoms with Crippen LogP contribution in [-0.2, 0) is 4.74 Å². The van der Waals surface area contributed by atoms with Gasteiger partial charge in [0.05, 0.1) is 5.02 Å². The van der Waals surface area contributed by atoms with Gasteiger partial charge in [-0.15, -0.1) is 0 Å². The minimum atomic E-state index is 0.379. The van der Waals surface area contributed by atoms with Gasteiger partial charge in [-0.1, -0.05) is 24.6 Å². The van der Waals surface area contributed by atoms with E-state index in [4.69, 9.17) is 16.3 Å². The van der Waals surface area contributed by atoms with Crippen molar-refractivity contribution in [1.29, 1.82) is 0 Å². The number of hydrogen-bond donors (Lipinski definition) is 1. The van der Waals surface area contributed by atoms with Crippen LogP contribution >= 0.6 is 27.5 Å². The molecular formula is C14H19BrClNO. The predicted octanol–water partition coefficient (Wildman–Crippen LogP) is 4.18. The van der Waals surface area contributed by atoms with Crippen LogP contribution in [0.2, 0.25) is 5.02 Å². The third-order valence-corrected chi connectivity index (χ3v) is 4.70. The molecule has 1 fully saturated rings. The van der Waals surface area contributed by atoms with Gasteiger partial charge >= 0.3 is 0 Å². The summed E-state index contributed by atoms with van der Waals surface area (Å²) in [7, 11) is 0. The Balaban J connectivity index is 2.19. The number of rotatable bonds is 4. The number of hydrogen-bond acceptors (Lipinski definition) is 2. The largest absolute Gasteiger partial charge is 0.381 e. The van der Waals surface area contributed by atoms with Gasteiger partial charge in [0.15, 0.2) is 0 Å². The van der Waals surface area contributed by atoms with Gasteiger partial charge in [-0.3, -0.25) is 0 Å². The first kappa shape index (κ1) is 14.3. The van der Waals surface area contributed by atoms with Crippen molar-refractivity contribution in [2.24, 2.45) is 5.92 Å². The first-order valence-corrected chi connectivity index (χ1v) is 7.65. The van der Waals surface area contributed by atoms with Crippen LogP contribution in [0.25, 0.3) is 0 Å². The smallest absolute Gasteiger partial charge is 0.0551 e. The van der Waals surface area contributed by atoms with Crippen molar-refractivity contribution < 1.29 is 4.74 Å². The van der Waals surface area contributed by atoms with Gasteiger partial charge < -0.3 is 10.1 Å². The summed E-state index contributed by atoms with van der Waals surface area (Å²) in [5.41, 5.74) is 1.27. The van der Waals surface area contributed by atoms with Crippen LogP contribution in [0, 0.1) is 5.92 Å². The molecule has 1 N–H and O–H groups in total. The van der Waals surface area contributed by atoms with Crippen molar-refractivity contribution >= 4 is 27.5 Å². The van der Waals surface area contributed by atoms with Gasteiger partial charge in [0, 0.05) is 23.7 Å². The SMILES string of the molecule is CCNC(c1ccc(Br)c(Cl)c1)C1CCOCC1. The lowest BCUT2D eigenvalue weighted by Gasteiger charge is -2.31. The van der Waals surface area contributed by atoms with Crippen LogP contribution in [0.15, 0.2) is 22.7 Å². The normalized spacial score (nSPS) is 18.8. The molecule has 0 aliphatic carbocycles. The Morgan fingerprint density at radius 1 is 1.44 bits per heavy atom. The van der Waals surface area contributed by atoms with E-state index in [2.05, 4.69) is 40.3 Å². The van der Waals surface area contributed by atoms with Crippen LogP contribution in [0.4, 0.5) is 0 Å². The number of ether oxygens (including phenoxy) is 1. The average molecular weight is 333 g/mol. The first-order valence-electron chi connectivity index (χ1n) is 6.48. The molecule has 1 unspecified atom stereocenters. The third-order valence-electron chi connectivity index (χ3n) is 3.46. The summed E-state index contributed by atoms with van der Waals surface area (Å²) in [6.45, 7) is 4.86. The first-order chi connectivity index (χ1) is 8.72. The molecule has 2 nitrogen and oxygen atoms in total. The van der Waals surface area contributed by atoms with E-state index in [1.165, 1.54) is 5.56 Å². The molecule has 1 aromatic carbocycles. The van der Waals surface area contributed by atoms with Crippen LogP contribution in [-0.4, -0.2) is 19.8 Å². The van der Waals surface area contributed by atoms with Crippen molar-refractivity contribution in [3.05, 3.63) is 33.3 Å². The molecule has 0 bridgehead atoms. The summed E-state index contributed by atoms with van der Waals surface area (Å²) in [4.78, 5) is 0. The minimum Gasteiger partial charge on any atom is -0.381 e. The molecule has 1 aliphatic rings. The second-order valence-corrected chi connectivity index (χ2v) is 5.92. The summed E-state index contributed by atoms with van der Waals surface area (Å²) in [5.74, 6) is 0.635. The zero-order chi connectivity index (χ0) is 13.0. The predicted molar refractivity (Wildman–Crippen MR) is 79.1 cm³/mol. The van der Waals surface area contributed by atoms with Crippen LogP contribution in [0.5, 0.6) is 0 Å². The second-order valence-electron chi connectivity index (χ2n) is 4.66. The van der Waals surface area contributed by atoms with E-state index in [1.54, 1.807) is 0 Å². The van der Waals surface area contributed by atoms with Gasteiger partial charge in [0.1, 0.15) is 0 Å². The standard InChI is InChI=1S/C14H19BrClNO/c1-2-17-14(10-5-7-18-8-6-10)11-3-4-12(15)13(16)9-11/h3-4,9-10,14,17H,2,5-8H2,1H3. The fourth-order valence-electron chi connectivity index (χ4n) is 2.53. The highest BCUT2D eigenvalue weighted by Gasteiger charge is 2.25. The summed E-state index contributed by atoms with van der Waals surface area (Å²) >= 11 is 9.64. The fourth-order valence-corrected chi connectivity index (χ4v) is 2.97. The summed E-state index contributed by atoms with van der Waals surface area (Å²) in [6, 6.07) is 6.62. The van der Waals surface area contributed by atoms with Crippen molar-refractivity contribution in [1.82, 2.24) is 5.32 Å². The molecule has 0 radical (unpaired) electrons. The second kappa shape index (κ2) is 6.90. The Hall–Kier alpha value is -0.0900. The molecule has 2 rings (SSSR count). The Morgan fingerprint density at radius 2 is 2.17 bits per heavy atom. The van der Waals surface area contributed by atoms with E-state index in [9.17, 15) is 0 Å². The number of halogens is 2. The molecule has 0 aromatic heterocycles. The molecule has 1 aliphatic heterocycles. The molecule has 0 amide bonds. The lowest BCUT2D eigenvalue weighted by atomic mass is 9.87. The highest BCUT2D eigenvalue weighted by Crippen LogP contribution is 2.33. The summed E-state index contributed by atoms with van der Waals surface area (Å²) in [5, 5.41) is 4.37. The molecular weight excluding hydrogens is 314 g/mol. The zero-order valence-corrected chi connectivity index (χ0v) is 12.9. The van der Waals surface area contributed by atoms with Gasteiger partial charge in [0.2, 0.25) is 0 Å². The topological polar surface area (TPSA) is 21.3 Å². The fraction of sp³-hybridized carbons (Fsp3) is 0.571. The molecule has 0 saturated carbocycles. The molecule has 1 heterocycles. The maximum Gasteiger partial charge on any atom is 0.0551 e. The number of benzene rings is 1. The third kappa shape index (κ3) is 3.47. The molecule has 4 heteroatoms. The van der Waals surface area contributed by atoms with Gasteiger partial charge in [-0.05, 0) is 58.9 Å². The van der Waals surface area contributed by atoms with E-state index >= 15 is 0 Å². The minimum absolute atomic E-state index is 0.379. The molecule has 100 valence electrons. The zero-order valence-electron chi connectivity index (χ0n) is 10.6. The maximum absolute atomic E-state index is 6.20. The van der Waals surface area contributed by atoms with Crippen LogP contribution in [0.1, 0.15) is 31.4 Å². The monoisotopic (exact) mass is 331 g/mol. The van der Waals surface area contributed by atoms with Gasteiger partial charge in [0.25, 0.3) is 0 Å². The Morgan fingerprint density at radius 3 is 2.78 bits per heavy atom. The average Bonchev–Trinajstić information content (AvgIpc) is 2.40. The van der Waals surface area contributed by atoms with Crippen molar-refractivity contribution in [2.45, 2.75) is 25.8 Å². The van der Waals surface area contributed by atoms with Gasteiger partial charge in [-0.25, -0.2) is 0 Å². The van der Waals surface area contributed by atoms with Gasteiger partial charge in [-0.2, -0.15) is 0 Å². The Kier molecular flexibility index (Phi) is 5.49. The van der Waals surface area contributed by atoms with Crippen LogP contribution in [0.3, 0.4) is 0 Å². The highest BCUT2D eigenvalue weighted by molar-refractivity contribution is 9.10. The molecule has 18 heavy (non-hydrogen) atoms. The highest BCUT2D eigenvalue weighted by atomic mass is 79.9. The summed E-state index contributed by atoms with van der Waals surface area (Å²) in [6.07, 6.45) is 2.23. The van der Waals surface area contributed by atoms with E-state index in [0.29, 0.717) is 12.0 Å². The Labute approximate surface area is 122 Å². The maximum atomic E-state index is 6.20. The van der Waals surface area contributed by atoms with E-state index in [-0.39, 0.29) is 0 Å². The summed E-state index contributed by atoms with van der Waals surface area (Å²) < 4.78 is 6.40. The van der Waals surface area contributed by atoms with Crippen molar-refractivity contribution in [3.63, 3.8) is 0 Å². The number of nitrogens with one attached hydrogen (secondary N) is 1. The quantitative estimate of drug-likeness (QED) is 0.893. The van der Waals surface area contributed by atoms with Crippen molar-refractivity contribution in [3.8, 4) is 0 Å². The Bertz CT molecular complexity index is 393.